The summed E-state index contributed by atoms with van der Waals surface area (Å²) >= 11 is 0. The molecule has 1 aromatic heterocycles. The van der Waals surface area contributed by atoms with Crippen LogP contribution in [-0.4, -0.2) is 22.7 Å². The number of benzene rings is 2. The molecule has 0 unspecified atom stereocenters. The first-order valence-corrected chi connectivity index (χ1v) is 11.2. The van der Waals surface area contributed by atoms with Gasteiger partial charge in [0.15, 0.2) is 5.78 Å². The number of unbranched alkanes of at least 4 members (excludes halogenated alkanes) is 2. The van der Waals surface area contributed by atoms with E-state index in [1.807, 2.05) is 49.4 Å². The Morgan fingerprint density at radius 3 is 2.55 bits per heavy atom. The summed E-state index contributed by atoms with van der Waals surface area (Å²) < 4.78 is 0. The Bertz CT molecular complexity index is 1100. The number of nitrogens with one attached hydrogen (secondary N) is 2. The van der Waals surface area contributed by atoms with Crippen LogP contribution < -0.4 is 10.6 Å². The average Bonchev–Trinajstić information content (AvgIpc) is 3.58. The predicted molar refractivity (Wildman–Crippen MR) is 125 cm³/mol. The lowest BCUT2D eigenvalue weighted by atomic mass is 9.96. The Balaban J connectivity index is 1.79. The maximum absolute atomic E-state index is 13.0. The smallest absolute Gasteiger partial charge is 0.255 e. The number of anilines is 2. The molecule has 2 aromatic carbocycles. The van der Waals surface area contributed by atoms with Crippen LogP contribution in [-0.2, 0) is 0 Å². The zero-order valence-corrected chi connectivity index (χ0v) is 18.2. The van der Waals surface area contributed by atoms with Crippen molar-refractivity contribution in [2.24, 2.45) is 0 Å². The minimum absolute atomic E-state index is 0.133. The first-order valence-electron chi connectivity index (χ1n) is 11.2. The number of rotatable bonds is 9. The lowest BCUT2D eigenvalue weighted by Crippen LogP contribution is -2.26. The summed E-state index contributed by atoms with van der Waals surface area (Å²) in [5, 5.41) is 7.26. The minimum atomic E-state index is -0.133. The number of hydrogen-bond acceptors (Lipinski definition) is 4. The number of Topliss-reactive ketones (excluding diaryl/α,β-unsaturated/α-hetero) is 1. The van der Waals surface area contributed by atoms with E-state index >= 15 is 0 Å². The van der Waals surface area contributed by atoms with Gasteiger partial charge in [0.1, 0.15) is 0 Å². The van der Waals surface area contributed by atoms with Crippen molar-refractivity contribution in [2.45, 2.75) is 58.4 Å². The largest absolute Gasteiger partial charge is 0.354 e. The molecule has 0 atom stereocenters. The van der Waals surface area contributed by atoms with E-state index in [0.29, 0.717) is 23.2 Å². The van der Waals surface area contributed by atoms with Crippen molar-refractivity contribution < 1.29 is 9.59 Å². The summed E-state index contributed by atoms with van der Waals surface area (Å²) in [6, 6.07) is 13.9. The molecule has 4 rings (SSSR count). The maximum Gasteiger partial charge on any atom is 0.255 e. The lowest BCUT2D eigenvalue weighted by molar-refractivity contribution is 0.0949. The van der Waals surface area contributed by atoms with E-state index in [1.54, 1.807) is 6.20 Å². The summed E-state index contributed by atoms with van der Waals surface area (Å²) in [6.45, 7) is 4.08. The van der Waals surface area contributed by atoms with Crippen LogP contribution in [0.1, 0.15) is 71.7 Å². The van der Waals surface area contributed by atoms with Crippen LogP contribution in [0.15, 0.2) is 48.7 Å². The van der Waals surface area contributed by atoms with Gasteiger partial charge in [-0.15, -0.1) is 0 Å². The number of pyridine rings is 1. The van der Waals surface area contributed by atoms with E-state index in [0.717, 1.165) is 54.3 Å². The zero-order valence-electron chi connectivity index (χ0n) is 18.2. The highest BCUT2D eigenvalue weighted by Crippen LogP contribution is 2.32. The van der Waals surface area contributed by atoms with E-state index in [1.165, 1.54) is 0 Å². The van der Waals surface area contributed by atoms with Gasteiger partial charge in [0, 0.05) is 35.3 Å². The Labute approximate surface area is 183 Å². The van der Waals surface area contributed by atoms with E-state index < -0.39 is 0 Å². The fourth-order valence-corrected chi connectivity index (χ4v) is 3.78. The van der Waals surface area contributed by atoms with Crippen molar-refractivity contribution in [2.75, 3.05) is 5.32 Å². The molecule has 160 valence electrons. The highest BCUT2D eigenvalue weighted by atomic mass is 16.1. The highest BCUT2D eigenvalue weighted by Gasteiger charge is 2.26. The number of hydrogen-bond donors (Lipinski definition) is 2. The Kier molecular flexibility index (Phi) is 6.31. The van der Waals surface area contributed by atoms with Crippen molar-refractivity contribution >= 4 is 34.0 Å². The number of ketones is 1. The third-order valence-electron chi connectivity index (χ3n) is 5.72. The van der Waals surface area contributed by atoms with Gasteiger partial charge in [-0.05, 0) is 56.0 Å². The molecular formula is C26H29N3O2. The van der Waals surface area contributed by atoms with Gasteiger partial charge in [0.05, 0.1) is 16.8 Å². The van der Waals surface area contributed by atoms with Gasteiger partial charge >= 0.3 is 0 Å². The minimum Gasteiger partial charge on any atom is -0.354 e. The van der Waals surface area contributed by atoms with Crippen molar-refractivity contribution in [3.8, 4) is 0 Å². The monoisotopic (exact) mass is 415 g/mol. The molecule has 1 amide bonds. The van der Waals surface area contributed by atoms with Gasteiger partial charge < -0.3 is 10.6 Å². The quantitative estimate of drug-likeness (QED) is 0.335. The molecule has 1 saturated carbocycles. The fraction of sp³-hybridized carbons (Fsp3) is 0.346. The first kappa shape index (κ1) is 21.0. The molecule has 1 aliphatic rings. The van der Waals surface area contributed by atoms with Gasteiger partial charge in [-0.1, -0.05) is 38.0 Å². The van der Waals surface area contributed by atoms with Crippen molar-refractivity contribution in [1.29, 1.82) is 0 Å². The predicted octanol–water partition coefficient (Wildman–Crippen LogP) is 5.94. The topological polar surface area (TPSA) is 71.1 Å². The molecule has 5 heteroatoms. The number of fused-ring (bicyclic) bond motifs is 1. The van der Waals surface area contributed by atoms with Crippen LogP contribution in [0.2, 0.25) is 0 Å². The number of para-hydroxylation sites is 1. The van der Waals surface area contributed by atoms with Gasteiger partial charge in [-0.2, -0.15) is 0 Å². The second-order valence-corrected chi connectivity index (χ2v) is 8.35. The van der Waals surface area contributed by atoms with Crippen LogP contribution in [0.3, 0.4) is 0 Å². The molecule has 0 spiro atoms. The number of carbonyl (C=O) groups excluding carboxylic acids is 2. The third kappa shape index (κ3) is 4.93. The van der Waals surface area contributed by atoms with E-state index in [9.17, 15) is 9.59 Å². The van der Waals surface area contributed by atoms with Crippen molar-refractivity contribution in [3.05, 3.63) is 65.4 Å². The van der Waals surface area contributed by atoms with Gasteiger partial charge in [-0.25, -0.2) is 0 Å². The SMILES string of the molecule is CCCCCC(=O)c1cc2c(Nc3ccccc3)c(C(=O)NC3CC3)cnc2cc1C. The number of aryl methyl sites for hydroxylation is 1. The number of nitrogens with zero attached hydrogens (tertiary/aromatic N) is 1. The second-order valence-electron chi connectivity index (χ2n) is 8.35. The molecule has 0 radical (unpaired) electrons. The molecule has 0 saturated heterocycles. The van der Waals surface area contributed by atoms with Crippen LogP contribution >= 0.6 is 0 Å². The number of aromatic nitrogens is 1. The van der Waals surface area contributed by atoms with Gasteiger partial charge in [0.25, 0.3) is 5.91 Å². The van der Waals surface area contributed by atoms with E-state index in [4.69, 9.17) is 0 Å². The first-order chi connectivity index (χ1) is 15.1. The molecule has 3 aromatic rings. The summed E-state index contributed by atoms with van der Waals surface area (Å²) in [7, 11) is 0. The van der Waals surface area contributed by atoms with Gasteiger partial charge in [0.2, 0.25) is 0 Å². The molecule has 5 nitrogen and oxygen atoms in total. The molecular weight excluding hydrogens is 386 g/mol. The molecule has 0 bridgehead atoms. The summed E-state index contributed by atoms with van der Waals surface area (Å²) in [4.78, 5) is 30.4. The van der Waals surface area contributed by atoms with E-state index in [-0.39, 0.29) is 17.7 Å². The average molecular weight is 416 g/mol. The molecule has 1 aliphatic carbocycles. The lowest BCUT2D eigenvalue weighted by Gasteiger charge is -2.16. The summed E-state index contributed by atoms with van der Waals surface area (Å²) in [5.41, 5.74) is 4.47. The third-order valence-corrected chi connectivity index (χ3v) is 5.72. The molecule has 1 heterocycles. The van der Waals surface area contributed by atoms with Gasteiger partial charge in [-0.3, -0.25) is 14.6 Å². The van der Waals surface area contributed by atoms with Crippen LogP contribution in [0, 0.1) is 6.92 Å². The molecule has 1 fully saturated rings. The van der Waals surface area contributed by atoms with E-state index in [2.05, 4.69) is 22.5 Å². The Morgan fingerprint density at radius 2 is 1.84 bits per heavy atom. The highest BCUT2D eigenvalue weighted by molar-refractivity contribution is 6.10. The van der Waals surface area contributed by atoms with Crippen molar-refractivity contribution in [1.82, 2.24) is 10.3 Å². The maximum atomic E-state index is 13.0. The van der Waals surface area contributed by atoms with Crippen molar-refractivity contribution in [3.63, 3.8) is 0 Å². The zero-order chi connectivity index (χ0) is 21.8. The van der Waals surface area contributed by atoms with Crippen LogP contribution in [0.4, 0.5) is 11.4 Å². The normalized spacial score (nSPS) is 13.2. The molecule has 0 aliphatic heterocycles. The molecule has 2 N–H and O–H groups in total. The fourth-order valence-electron chi connectivity index (χ4n) is 3.78. The van der Waals surface area contributed by atoms with Crippen LogP contribution in [0.25, 0.3) is 10.9 Å². The Hall–Kier alpha value is -3.21. The summed E-state index contributed by atoms with van der Waals surface area (Å²) in [5.74, 6) is 0.0121. The number of carbonyl (C=O) groups is 2. The Morgan fingerprint density at radius 1 is 1.06 bits per heavy atom. The number of amides is 1. The standard InChI is InChI=1S/C26H29N3O2/c1-3-4-6-11-24(30)20-15-21-23(14-17(20)2)27-16-22(26(31)29-19-12-13-19)25(21)28-18-9-7-5-8-10-18/h5,7-10,14-16,19H,3-4,6,11-13H2,1-2H3,(H,27,28)(H,29,31). The second kappa shape index (κ2) is 9.29. The summed E-state index contributed by atoms with van der Waals surface area (Å²) in [6.07, 6.45) is 7.23. The molecule has 31 heavy (non-hydrogen) atoms. The van der Waals surface area contributed by atoms with Crippen LogP contribution in [0.5, 0.6) is 0 Å².